The zero-order valence-corrected chi connectivity index (χ0v) is 22.6. The van der Waals surface area contributed by atoms with Crippen LogP contribution in [-0.4, -0.2) is 54.8 Å². The monoisotopic (exact) mass is 568 g/mol. The van der Waals surface area contributed by atoms with E-state index in [0.717, 1.165) is 0 Å². The van der Waals surface area contributed by atoms with Crippen LogP contribution >= 0.6 is 0 Å². The van der Waals surface area contributed by atoms with Crippen LogP contribution in [0.15, 0.2) is 77.8 Å². The van der Waals surface area contributed by atoms with Crippen molar-refractivity contribution in [2.24, 2.45) is 0 Å². The molecular formula is C29H27F3N4O3S. The molecule has 0 spiro atoms. The average Bonchev–Trinajstić information content (AvgIpc) is 2.92. The molecule has 0 radical (unpaired) electrons. The van der Waals surface area contributed by atoms with Gasteiger partial charge >= 0.3 is 0 Å². The maximum atomic E-state index is 14.3. The van der Waals surface area contributed by atoms with Crippen LogP contribution < -0.4 is 4.72 Å². The number of nitrogens with one attached hydrogen (secondary N) is 1. The lowest BCUT2D eigenvalue weighted by atomic mass is 10.0. The highest BCUT2D eigenvalue weighted by Gasteiger charge is 2.32. The molecule has 11 heteroatoms. The van der Waals surface area contributed by atoms with Crippen molar-refractivity contribution in [2.45, 2.75) is 30.8 Å². The molecule has 1 N–H and O–H groups in total. The Kier molecular flexibility index (Phi) is 7.52. The zero-order valence-electron chi connectivity index (χ0n) is 21.8. The maximum absolute atomic E-state index is 14.3. The van der Waals surface area contributed by atoms with Gasteiger partial charge in [0.25, 0.3) is 15.9 Å². The summed E-state index contributed by atoms with van der Waals surface area (Å²) in [6.07, 6.45) is 1.53. The minimum atomic E-state index is -3.94. The fraction of sp³-hybridized carbons (Fsp3) is 0.241. The summed E-state index contributed by atoms with van der Waals surface area (Å²) in [4.78, 5) is 21.0. The van der Waals surface area contributed by atoms with Gasteiger partial charge in [-0.3, -0.25) is 19.4 Å². The van der Waals surface area contributed by atoms with Gasteiger partial charge in [-0.25, -0.2) is 21.6 Å². The van der Waals surface area contributed by atoms with Gasteiger partial charge in [0.15, 0.2) is 0 Å². The number of hydrogen-bond donors (Lipinski definition) is 1. The van der Waals surface area contributed by atoms with Crippen LogP contribution in [0, 0.1) is 17.5 Å². The van der Waals surface area contributed by atoms with Crippen molar-refractivity contribution in [2.75, 3.05) is 24.4 Å². The summed E-state index contributed by atoms with van der Waals surface area (Å²) in [6, 6.07) is 15.0. The van der Waals surface area contributed by atoms with E-state index in [1.807, 2.05) is 11.8 Å². The Morgan fingerprint density at radius 2 is 1.68 bits per heavy atom. The average molecular weight is 569 g/mol. The molecular weight excluding hydrogens is 541 g/mol. The van der Waals surface area contributed by atoms with Crippen LogP contribution in [0.25, 0.3) is 10.9 Å². The molecule has 1 unspecified atom stereocenters. The van der Waals surface area contributed by atoms with Gasteiger partial charge in [0.2, 0.25) is 0 Å². The number of fused-ring (bicyclic) bond motifs is 1. The van der Waals surface area contributed by atoms with Gasteiger partial charge < -0.3 is 4.90 Å². The Labute approximate surface area is 230 Å². The van der Waals surface area contributed by atoms with E-state index in [0.29, 0.717) is 53.9 Å². The van der Waals surface area contributed by atoms with Crippen molar-refractivity contribution >= 4 is 32.5 Å². The Morgan fingerprint density at radius 3 is 2.35 bits per heavy atom. The third kappa shape index (κ3) is 5.39. The number of anilines is 1. The number of carbonyl (C=O) groups is 1. The van der Waals surface area contributed by atoms with E-state index in [4.69, 9.17) is 0 Å². The third-order valence-corrected chi connectivity index (χ3v) is 8.61. The minimum absolute atomic E-state index is 0.0482. The molecule has 0 aliphatic carbocycles. The lowest BCUT2D eigenvalue weighted by Gasteiger charge is -2.42. The lowest BCUT2D eigenvalue weighted by Crippen LogP contribution is -2.54. The molecule has 1 aliphatic heterocycles. The molecule has 40 heavy (non-hydrogen) atoms. The Bertz CT molecular complexity index is 1650. The van der Waals surface area contributed by atoms with Crippen molar-refractivity contribution in [1.82, 2.24) is 14.8 Å². The van der Waals surface area contributed by atoms with Gasteiger partial charge in [0.1, 0.15) is 22.3 Å². The molecule has 2 heterocycles. The van der Waals surface area contributed by atoms with E-state index >= 15 is 0 Å². The molecule has 5 rings (SSSR count). The molecule has 4 aromatic rings. The maximum Gasteiger partial charge on any atom is 0.264 e. The molecule has 208 valence electrons. The number of carbonyl (C=O) groups excluding carboxylic acids is 1. The smallest absolute Gasteiger partial charge is 0.264 e. The number of sulfonamides is 1. The molecule has 0 saturated carbocycles. The highest BCUT2D eigenvalue weighted by Crippen LogP contribution is 2.29. The highest BCUT2D eigenvalue weighted by atomic mass is 32.2. The van der Waals surface area contributed by atoms with E-state index in [9.17, 15) is 26.4 Å². The number of halogens is 3. The first-order chi connectivity index (χ1) is 19.0. The van der Waals surface area contributed by atoms with Crippen molar-refractivity contribution in [3.05, 3.63) is 102 Å². The minimum Gasteiger partial charge on any atom is -0.333 e. The predicted molar refractivity (Wildman–Crippen MR) is 146 cm³/mol. The van der Waals surface area contributed by atoms with E-state index in [-0.39, 0.29) is 22.4 Å². The number of piperazine rings is 1. The summed E-state index contributed by atoms with van der Waals surface area (Å²) in [5.74, 6) is -3.10. The van der Waals surface area contributed by atoms with Crippen LogP contribution in [0.1, 0.15) is 35.8 Å². The van der Waals surface area contributed by atoms with Crippen LogP contribution in [-0.2, 0) is 10.0 Å². The van der Waals surface area contributed by atoms with Crippen molar-refractivity contribution in [1.29, 1.82) is 0 Å². The van der Waals surface area contributed by atoms with E-state index < -0.39 is 33.5 Å². The second-order valence-corrected chi connectivity index (χ2v) is 11.5. The number of rotatable bonds is 6. The quantitative estimate of drug-likeness (QED) is 0.339. The molecule has 2 atom stereocenters. The number of benzene rings is 3. The summed E-state index contributed by atoms with van der Waals surface area (Å²) in [5.41, 5.74) is 0.820. The number of aromatic nitrogens is 1. The van der Waals surface area contributed by atoms with E-state index in [1.54, 1.807) is 48.2 Å². The molecule has 1 aliphatic rings. The molecule has 1 aromatic heterocycles. The summed E-state index contributed by atoms with van der Waals surface area (Å²) in [5, 5.41) is 0.697. The van der Waals surface area contributed by atoms with Crippen molar-refractivity contribution in [3.63, 3.8) is 0 Å². The first-order valence-corrected chi connectivity index (χ1v) is 14.2. The molecule has 1 saturated heterocycles. The van der Waals surface area contributed by atoms with Crippen LogP contribution in [0.3, 0.4) is 0 Å². The topological polar surface area (TPSA) is 82.6 Å². The second-order valence-electron chi connectivity index (χ2n) is 9.82. The Balaban J connectivity index is 1.26. The van der Waals surface area contributed by atoms with Crippen molar-refractivity contribution in [3.8, 4) is 0 Å². The van der Waals surface area contributed by atoms with Gasteiger partial charge in [-0.2, -0.15) is 0 Å². The Hall–Kier alpha value is -3.96. The normalized spacial score (nSPS) is 17.1. The summed E-state index contributed by atoms with van der Waals surface area (Å²) >= 11 is 0. The number of amides is 1. The number of nitrogens with zero attached hydrogens (tertiary/aromatic N) is 3. The lowest BCUT2D eigenvalue weighted by molar-refractivity contribution is 0.0397. The zero-order chi connectivity index (χ0) is 28.6. The van der Waals surface area contributed by atoms with Crippen molar-refractivity contribution < 1.29 is 26.4 Å². The number of para-hydroxylation sites is 1. The van der Waals surface area contributed by atoms with Crippen LogP contribution in [0.5, 0.6) is 0 Å². The van der Waals surface area contributed by atoms with Crippen LogP contribution in [0.2, 0.25) is 0 Å². The fourth-order valence-electron chi connectivity index (χ4n) is 5.12. The van der Waals surface area contributed by atoms with Gasteiger partial charge in [-0.15, -0.1) is 0 Å². The number of hydrogen-bond acceptors (Lipinski definition) is 5. The van der Waals surface area contributed by atoms with Crippen LogP contribution in [0.4, 0.5) is 18.9 Å². The summed E-state index contributed by atoms with van der Waals surface area (Å²) in [7, 11) is -3.94. The Morgan fingerprint density at radius 1 is 1.00 bits per heavy atom. The summed E-state index contributed by atoms with van der Waals surface area (Å²) in [6.45, 7) is 4.54. The van der Waals surface area contributed by atoms with Gasteiger partial charge in [0, 0.05) is 72.2 Å². The van der Waals surface area contributed by atoms with Gasteiger partial charge in [0.05, 0.1) is 5.52 Å². The largest absolute Gasteiger partial charge is 0.333 e. The van der Waals surface area contributed by atoms with Gasteiger partial charge in [-0.1, -0.05) is 18.2 Å². The molecule has 1 fully saturated rings. The van der Waals surface area contributed by atoms with Gasteiger partial charge in [-0.05, 0) is 50.2 Å². The predicted octanol–water partition coefficient (Wildman–Crippen LogP) is 5.36. The van der Waals surface area contributed by atoms with E-state index in [2.05, 4.69) is 9.71 Å². The highest BCUT2D eigenvalue weighted by molar-refractivity contribution is 7.93. The first-order valence-electron chi connectivity index (χ1n) is 12.7. The SMILES string of the molecule is CC(c1c(F)cc(F)cc1F)N1CCN(C(=O)c2ccc(NS(=O)(=O)c3cccc4cccnc34)cc2)[C@@H](C)C1. The standard InChI is InChI=1S/C29H27F3N4O3S/c1-18-17-35(19(2)27-24(31)15-22(30)16-25(27)32)13-14-36(18)29(37)21-8-10-23(11-9-21)34-40(38,39)26-7-3-5-20-6-4-12-33-28(20)26/h3-12,15-16,18-19,34H,13-14,17H2,1-2H3/t18-,19?/m0/s1. The molecule has 3 aromatic carbocycles. The third-order valence-electron chi connectivity index (χ3n) is 7.20. The second kappa shape index (κ2) is 10.9. The molecule has 0 bridgehead atoms. The fourth-order valence-corrected chi connectivity index (χ4v) is 6.36. The van der Waals surface area contributed by atoms with E-state index in [1.165, 1.54) is 24.4 Å². The molecule has 7 nitrogen and oxygen atoms in total. The number of pyridine rings is 1. The molecule has 1 amide bonds. The first kappa shape index (κ1) is 27.6. The summed E-state index contributed by atoms with van der Waals surface area (Å²) < 4.78 is 70.7.